The molecule has 0 amide bonds. The van der Waals surface area contributed by atoms with Crippen LogP contribution in [0.4, 0.5) is 0 Å². The second kappa shape index (κ2) is 10.4. The van der Waals surface area contributed by atoms with Gasteiger partial charge in [-0.05, 0) is 48.1 Å². The summed E-state index contributed by atoms with van der Waals surface area (Å²) in [6.45, 7) is 3.69. The molecular formula is C15H26N4O7P2. The zero-order valence-electron chi connectivity index (χ0n) is 15.7. The first-order valence-corrected chi connectivity index (χ1v) is 12.1. The zero-order valence-corrected chi connectivity index (χ0v) is 17.5. The van der Waals surface area contributed by atoms with E-state index in [0.717, 1.165) is 16.9 Å². The molecule has 158 valence electrons. The average Bonchev–Trinajstić information content (AvgIpc) is 2.51. The van der Waals surface area contributed by atoms with Crippen LogP contribution in [0.3, 0.4) is 0 Å². The third-order valence-electron chi connectivity index (χ3n) is 3.72. The minimum Gasteiger partial charge on any atom is -0.481 e. The fraction of sp³-hybridized carbons (Fsp3) is 0.600. The molecule has 1 aromatic rings. The van der Waals surface area contributed by atoms with Gasteiger partial charge in [-0.2, -0.15) is 0 Å². The quantitative estimate of drug-likeness (QED) is 0.167. The Balaban J connectivity index is 2.78. The van der Waals surface area contributed by atoms with Crippen molar-refractivity contribution in [3.63, 3.8) is 0 Å². The van der Waals surface area contributed by atoms with Crippen molar-refractivity contribution >= 4 is 15.2 Å². The summed E-state index contributed by atoms with van der Waals surface area (Å²) < 4.78 is 28.1. The molecule has 0 fully saturated rings. The molecule has 0 aliphatic heterocycles. The highest BCUT2D eigenvalue weighted by Gasteiger charge is 2.26. The van der Waals surface area contributed by atoms with E-state index in [4.69, 9.17) is 29.8 Å². The summed E-state index contributed by atoms with van der Waals surface area (Å²) in [4.78, 5) is 40.2. The monoisotopic (exact) mass is 436 g/mol. The fourth-order valence-electron chi connectivity index (χ4n) is 2.65. The molecule has 1 aromatic carbocycles. The van der Waals surface area contributed by atoms with Crippen LogP contribution in [-0.4, -0.2) is 49.3 Å². The summed E-state index contributed by atoms with van der Waals surface area (Å²) in [5, 5.41) is 3.70. The maximum Gasteiger partial charge on any atom is 0.339 e. The Labute approximate surface area is 163 Å². The highest BCUT2D eigenvalue weighted by molar-refractivity contribution is 7.52. The maximum atomic E-state index is 11.2. The van der Waals surface area contributed by atoms with Crippen LogP contribution in [0.15, 0.2) is 29.4 Å². The largest absolute Gasteiger partial charge is 0.481 e. The van der Waals surface area contributed by atoms with Crippen LogP contribution in [0.2, 0.25) is 0 Å². The van der Waals surface area contributed by atoms with E-state index in [-0.39, 0.29) is 6.54 Å². The zero-order chi connectivity index (χ0) is 21.4. The molecule has 13 heteroatoms. The van der Waals surface area contributed by atoms with E-state index in [0.29, 0.717) is 18.6 Å². The fourth-order valence-corrected chi connectivity index (χ4v) is 4.34. The SMILES string of the molecule is CCCC(C)(N=[N+]=[N-])Oc1ccc(CCN(CP(=O)(O)O)CP(=O)(O)O)cc1. The van der Waals surface area contributed by atoms with Crippen molar-refractivity contribution < 1.29 is 33.4 Å². The molecule has 0 aliphatic rings. The van der Waals surface area contributed by atoms with Crippen LogP contribution >= 0.6 is 15.2 Å². The molecular weight excluding hydrogens is 410 g/mol. The van der Waals surface area contributed by atoms with E-state index in [2.05, 4.69) is 10.0 Å². The van der Waals surface area contributed by atoms with E-state index in [9.17, 15) is 9.13 Å². The highest BCUT2D eigenvalue weighted by Crippen LogP contribution is 2.40. The first-order chi connectivity index (χ1) is 12.9. The molecule has 1 unspecified atom stereocenters. The number of nitrogens with zero attached hydrogens (tertiary/aromatic N) is 4. The van der Waals surface area contributed by atoms with Gasteiger partial charge in [0.05, 0.1) is 0 Å². The normalized spacial score (nSPS) is 14.4. The number of benzene rings is 1. The predicted octanol–water partition coefficient (Wildman–Crippen LogP) is 3.01. The molecule has 28 heavy (non-hydrogen) atoms. The number of hydrogen-bond donors (Lipinski definition) is 4. The number of ether oxygens (including phenoxy) is 1. The van der Waals surface area contributed by atoms with Crippen molar-refractivity contribution in [3.8, 4) is 5.75 Å². The van der Waals surface area contributed by atoms with Gasteiger partial charge in [0, 0.05) is 11.5 Å². The molecule has 11 nitrogen and oxygen atoms in total. The molecule has 1 atom stereocenters. The number of azide groups is 1. The molecule has 4 N–H and O–H groups in total. The lowest BCUT2D eigenvalue weighted by Crippen LogP contribution is -2.29. The molecule has 1 rings (SSSR count). The van der Waals surface area contributed by atoms with Crippen LogP contribution < -0.4 is 4.74 Å². The van der Waals surface area contributed by atoms with Gasteiger partial charge in [-0.15, -0.1) is 0 Å². The first kappa shape index (κ1) is 24.6. The molecule has 0 aromatic heterocycles. The molecule has 0 saturated carbocycles. The summed E-state index contributed by atoms with van der Waals surface area (Å²) in [5.74, 6) is 0.495. The van der Waals surface area contributed by atoms with Gasteiger partial charge >= 0.3 is 15.2 Å². The van der Waals surface area contributed by atoms with Crippen molar-refractivity contribution in [2.75, 3.05) is 19.1 Å². The molecule has 0 saturated heterocycles. The average molecular weight is 436 g/mol. The topological polar surface area (TPSA) is 176 Å². The Morgan fingerprint density at radius 3 is 2.11 bits per heavy atom. The van der Waals surface area contributed by atoms with Gasteiger partial charge in [0.15, 0.2) is 5.72 Å². The van der Waals surface area contributed by atoms with E-state index < -0.39 is 33.5 Å². The van der Waals surface area contributed by atoms with E-state index >= 15 is 0 Å². The van der Waals surface area contributed by atoms with Crippen molar-refractivity contribution in [2.45, 2.75) is 38.8 Å². The Kier molecular flexibility index (Phi) is 9.14. The van der Waals surface area contributed by atoms with Crippen LogP contribution in [-0.2, 0) is 15.6 Å². The minimum atomic E-state index is -4.45. The predicted molar refractivity (Wildman–Crippen MR) is 104 cm³/mol. The van der Waals surface area contributed by atoms with Crippen molar-refractivity contribution in [3.05, 3.63) is 40.3 Å². The van der Waals surface area contributed by atoms with Crippen molar-refractivity contribution in [1.29, 1.82) is 0 Å². The van der Waals surface area contributed by atoms with Gasteiger partial charge in [0.2, 0.25) is 0 Å². The second-order valence-electron chi connectivity index (χ2n) is 6.62. The van der Waals surface area contributed by atoms with Crippen molar-refractivity contribution in [1.82, 2.24) is 4.90 Å². The summed E-state index contributed by atoms with van der Waals surface area (Å²) in [5.41, 5.74) is 8.48. The van der Waals surface area contributed by atoms with Gasteiger partial charge in [0.1, 0.15) is 18.3 Å². The van der Waals surface area contributed by atoms with E-state index in [1.54, 1.807) is 31.2 Å². The van der Waals surface area contributed by atoms with Gasteiger partial charge in [0.25, 0.3) is 0 Å². The lowest BCUT2D eigenvalue weighted by Gasteiger charge is -2.25. The summed E-state index contributed by atoms with van der Waals surface area (Å²) in [6, 6.07) is 6.80. The van der Waals surface area contributed by atoms with Crippen molar-refractivity contribution in [2.24, 2.45) is 5.11 Å². The molecule has 0 aliphatic carbocycles. The number of rotatable bonds is 12. The van der Waals surface area contributed by atoms with Gasteiger partial charge in [-0.1, -0.05) is 25.5 Å². The summed E-state index contributed by atoms with van der Waals surface area (Å²) in [6.07, 6.45) is 0.158. The van der Waals surface area contributed by atoms with Crippen LogP contribution in [0.1, 0.15) is 32.3 Å². The number of hydrogen-bond acceptors (Lipinski definition) is 5. The van der Waals surface area contributed by atoms with Crippen LogP contribution in [0.25, 0.3) is 10.4 Å². The molecule has 0 radical (unpaired) electrons. The standard InChI is InChI=1S/C15H26N4O7P2/c1-3-9-15(2,17-18-16)26-14-6-4-13(5-7-14)8-10-19(11-27(20,21)22)12-28(23,24)25/h4-7H,3,8-12H2,1-2H3,(H2,20,21,22)(H2,23,24,25). The molecule has 0 heterocycles. The summed E-state index contributed by atoms with van der Waals surface area (Å²) in [7, 11) is -8.90. The molecule has 0 spiro atoms. The third kappa shape index (κ3) is 10.2. The Bertz CT molecular complexity index is 749. The minimum absolute atomic E-state index is 0.0582. The van der Waals surface area contributed by atoms with Gasteiger partial charge in [-0.25, -0.2) is 0 Å². The van der Waals surface area contributed by atoms with Crippen LogP contribution in [0.5, 0.6) is 5.75 Å². The Morgan fingerprint density at radius 1 is 1.14 bits per heavy atom. The van der Waals surface area contributed by atoms with E-state index in [1.165, 1.54) is 0 Å². The lowest BCUT2D eigenvalue weighted by atomic mass is 10.1. The maximum absolute atomic E-state index is 11.2. The second-order valence-corrected chi connectivity index (χ2v) is 9.84. The highest BCUT2D eigenvalue weighted by atomic mass is 31.2. The Morgan fingerprint density at radius 2 is 1.68 bits per heavy atom. The van der Waals surface area contributed by atoms with E-state index in [1.807, 2.05) is 6.92 Å². The summed E-state index contributed by atoms with van der Waals surface area (Å²) >= 11 is 0. The Hall–Kier alpha value is -1.41. The molecule has 0 bridgehead atoms. The first-order valence-electron chi connectivity index (χ1n) is 8.51. The smallest absolute Gasteiger partial charge is 0.339 e. The third-order valence-corrected chi connectivity index (χ3v) is 5.25. The lowest BCUT2D eigenvalue weighted by molar-refractivity contribution is 0.0857. The van der Waals surface area contributed by atoms with Gasteiger partial charge < -0.3 is 24.3 Å². The van der Waals surface area contributed by atoms with Gasteiger partial charge in [-0.3, -0.25) is 14.0 Å². The van der Waals surface area contributed by atoms with Crippen LogP contribution in [0, 0.1) is 0 Å².